The zero-order valence-electron chi connectivity index (χ0n) is 12.5. The van der Waals surface area contributed by atoms with E-state index in [9.17, 15) is 4.79 Å². The average Bonchev–Trinajstić information content (AvgIpc) is 2.34. The molecule has 0 aromatic heterocycles. The third-order valence-corrected chi connectivity index (χ3v) is 2.84. The maximum Gasteiger partial charge on any atom is 0.332 e. The minimum absolute atomic E-state index is 0.214. The maximum atomic E-state index is 11.5. The smallest absolute Gasteiger partial charge is 0.332 e. The van der Waals surface area contributed by atoms with Crippen LogP contribution in [0.1, 0.15) is 58.8 Å². The molecule has 0 saturated carbocycles. The highest BCUT2D eigenvalue weighted by molar-refractivity contribution is 5.82. The molecule has 3 nitrogen and oxygen atoms in total. The molecule has 0 radical (unpaired) electrons. The molecular formula is C15H29NO2. The van der Waals surface area contributed by atoms with Crippen LogP contribution in [0.25, 0.3) is 0 Å². The molecule has 3 heteroatoms. The van der Waals surface area contributed by atoms with Gasteiger partial charge in [-0.2, -0.15) is 0 Å². The van der Waals surface area contributed by atoms with E-state index in [1.807, 2.05) is 25.9 Å². The number of esters is 1. The summed E-state index contributed by atoms with van der Waals surface area (Å²) >= 11 is 0. The van der Waals surface area contributed by atoms with Crippen molar-refractivity contribution in [3.63, 3.8) is 0 Å². The molecular weight excluding hydrogens is 226 g/mol. The van der Waals surface area contributed by atoms with E-state index in [0.29, 0.717) is 6.61 Å². The van der Waals surface area contributed by atoms with Gasteiger partial charge in [-0.15, -0.1) is 0 Å². The standard InChI is InChI=1S/C15H29NO2/c1-5-7-8-9-10-11-14(16(3)4)13-15(17)18-12-6-2/h13H,5-12H2,1-4H3/b14-13+. The zero-order chi connectivity index (χ0) is 13.8. The van der Waals surface area contributed by atoms with E-state index >= 15 is 0 Å². The molecule has 0 amide bonds. The van der Waals surface area contributed by atoms with Gasteiger partial charge in [-0.05, 0) is 19.3 Å². The third-order valence-electron chi connectivity index (χ3n) is 2.84. The van der Waals surface area contributed by atoms with E-state index in [1.165, 1.54) is 25.7 Å². The van der Waals surface area contributed by atoms with Gasteiger partial charge in [0, 0.05) is 25.9 Å². The first kappa shape index (κ1) is 17.0. The molecule has 0 rings (SSSR count). The summed E-state index contributed by atoms with van der Waals surface area (Å²) in [6.07, 6.45) is 9.70. The maximum absolute atomic E-state index is 11.5. The number of allylic oxidation sites excluding steroid dienone is 1. The molecule has 18 heavy (non-hydrogen) atoms. The summed E-state index contributed by atoms with van der Waals surface area (Å²) < 4.78 is 5.07. The monoisotopic (exact) mass is 255 g/mol. The second kappa shape index (κ2) is 11.1. The molecule has 0 atom stereocenters. The van der Waals surface area contributed by atoms with Gasteiger partial charge in [0.15, 0.2) is 0 Å². The van der Waals surface area contributed by atoms with Crippen molar-refractivity contribution >= 4 is 5.97 Å². The normalized spacial score (nSPS) is 11.4. The van der Waals surface area contributed by atoms with Crippen molar-refractivity contribution in [3.8, 4) is 0 Å². The Morgan fingerprint density at radius 2 is 1.72 bits per heavy atom. The van der Waals surface area contributed by atoms with Crippen molar-refractivity contribution in [1.82, 2.24) is 4.90 Å². The summed E-state index contributed by atoms with van der Waals surface area (Å²) in [6.45, 7) is 4.72. The van der Waals surface area contributed by atoms with Crippen molar-refractivity contribution in [2.45, 2.75) is 58.8 Å². The van der Waals surface area contributed by atoms with Gasteiger partial charge < -0.3 is 9.64 Å². The molecule has 0 aromatic carbocycles. The predicted octanol–water partition coefficient (Wildman–Crippen LogP) is 3.75. The van der Waals surface area contributed by atoms with E-state index < -0.39 is 0 Å². The minimum Gasteiger partial charge on any atom is -0.462 e. The summed E-state index contributed by atoms with van der Waals surface area (Å²) in [5, 5.41) is 0. The van der Waals surface area contributed by atoms with Crippen LogP contribution in [0.3, 0.4) is 0 Å². The first-order chi connectivity index (χ1) is 8.61. The number of carbonyl (C=O) groups is 1. The first-order valence-electron chi connectivity index (χ1n) is 7.16. The Bertz CT molecular complexity index is 247. The van der Waals surface area contributed by atoms with Gasteiger partial charge in [0.25, 0.3) is 0 Å². The number of nitrogens with zero attached hydrogens (tertiary/aromatic N) is 1. The van der Waals surface area contributed by atoms with Crippen LogP contribution in [0, 0.1) is 0 Å². The molecule has 0 spiro atoms. The van der Waals surface area contributed by atoms with E-state index in [0.717, 1.165) is 25.0 Å². The predicted molar refractivity (Wildman–Crippen MR) is 76.4 cm³/mol. The molecule has 0 bridgehead atoms. The Labute approximate surface area is 112 Å². The quantitative estimate of drug-likeness (QED) is 0.338. The lowest BCUT2D eigenvalue weighted by Gasteiger charge is -2.17. The Hall–Kier alpha value is -0.990. The topological polar surface area (TPSA) is 29.5 Å². The van der Waals surface area contributed by atoms with E-state index in [4.69, 9.17) is 4.74 Å². The van der Waals surface area contributed by atoms with Crippen LogP contribution < -0.4 is 0 Å². The van der Waals surface area contributed by atoms with Crippen molar-refractivity contribution in [3.05, 3.63) is 11.8 Å². The van der Waals surface area contributed by atoms with Gasteiger partial charge in [0.2, 0.25) is 0 Å². The van der Waals surface area contributed by atoms with Crippen molar-refractivity contribution in [1.29, 1.82) is 0 Å². The number of carbonyl (C=O) groups excluding carboxylic acids is 1. The molecule has 0 saturated heterocycles. The van der Waals surface area contributed by atoms with Crippen LogP contribution in [0.2, 0.25) is 0 Å². The summed E-state index contributed by atoms with van der Waals surface area (Å²) in [5.41, 5.74) is 1.06. The van der Waals surface area contributed by atoms with Crippen LogP contribution in [0.5, 0.6) is 0 Å². The second-order valence-electron chi connectivity index (χ2n) is 4.86. The molecule has 0 fully saturated rings. The lowest BCUT2D eigenvalue weighted by atomic mass is 10.1. The molecule has 0 aromatic rings. The second-order valence-corrected chi connectivity index (χ2v) is 4.86. The molecule has 0 N–H and O–H groups in total. The number of ether oxygens (including phenoxy) is 1. The lowest BCUT2D eigenvalue weighted by molar-refractivity contribution is -0.137. The molecule has 0 aliphatic heterocycles. The Morgan fingerprint density at radius 3 is 2.28 bits per heavy atom. The number of hydrogen-bond acceptors (Lipinski definition) is 3. The molecule has 0 unspecified atom stereocenters. The highest BCUT2D eigenvalue weighted by Gasteiger charge is 2.05. The number of hydrogen-bond donors (Lipinski definition) is 0. The number of rotatable bonds is 10. The minimum atomic E-state index is -0.214. The number of unbranched alkanes of at least 4 members (excludes halogenated alkanes) is 4. The van der Waals surface area contributed by atoms with Gasteiger partial charge in [0.05, 0.1) is 6.61 Å². The van der Waals surface area contributed by atoms with Gasteiger partial charge in [0.1, 0.15) is 0 Å². The first-order valence-corrected chi connectivity index (χ1v) is 7.16. The van der Waals surface area contributed by atoms with Crippen molar-refractivity contribution in [2.75, 3.05) is 20.7 Å². The van der Waals surface area contributed by atoms with Gasteiger partial charge in [-0.1, -0.05) is 39.5 Å². The SMILES string of the molecule is CCCCCCC/C(=C\C(=O)OCCC)N(C)C. The van der Waals surface area contributed by atoms with Crippen LogP contribution in [-0.2, 0) is 9.53 Å². The molecule has 106 valence electrons. The molecule has 0 aliphatic rings. The summed E-state index contributed by atoms with van der Waals surface area (Å²) in [4.78, 5) is 13.5. The Kier molecular flexibility index (Phi) is 10.5. The van der Waals surface area contributed by atoms with Gasteiger partial charge in [-0.25, -0.2) is 4.79 Å². The van der Waals surface area contributed by atoms with E-state index in [2.05, 4.69) is 6.92 Å². The molecule has 0 aliphatic carbocycles. The van der Waals surface area contributed by atoms with E-state index in [1.54, 1.807) is 6.08 Å². The van der Waals surface area contributed by atoms with Gasteiger partial charge in [-0.3, -0.25) is 0 Å². The van der Waals surface area contributed by atoms with Crippen LogP contribution in [-0.4, -0.2) is 31.6 Å². The van der Waals surface area contributed by atoms with Crippen molar-refractivity contribution < 1.29 is 9.53 Å². The van der Waals surface area contributed by atoms with Gasteiger partial charge >= 0.3 is 5.97 Å². The molecule has 0 heterocycles. The summed E-state index contributed by atoms with van der Waals surface area (Å²) in [6, 6.07) is 0. The van der Waals surface area contributed by atoms with Crippen LogP contribution >= 0.6 is 0 Å². The van der Waals surface area contributed by atoms with Crippen LogP contribution in [0.4, 0.5) is 0 Å². The Morgan fingerprint density at radius 1 is 1.06 bits per heavy atom. The fourth-order valence-corrected chi connectivity index (χ4v) is 1.71. The third kappa shape index (κ3) is 9.08. The summed E-state index contributed by atoms with van der Waals surface area (Å²) in [7, 11) is 3.95. The van der Waals surface area contributed by atoms with Crippen LogP contribution in [0.15, 0.2) is 11.8 Å². The fourth-order valence-electron chi connectivity index (χ4n) is 1.71. The largest absolute Gasteiger partial charge is 0.462 e. The average molecular weight is 255 g/mol. The summed E-state index contributed by atoms with van der Waals surface area (Å²) in [5.74, 6) is -0.214. The lowest BCUT2D eigenvalue weighted by Crippen LogP contribution is -2.14. The van der Waals surface area contributed by atoms with E-state index in [-0.39, 0.29) is 5.97 Å². The van der Waals surface area contributed by atoms with Crippen molar-refractivity contribution in [2.24, 2.45) is 0 Å². The zero-order valence-corrected chi connectivity index (χ0v) is 12.5. The highest BCUT2D eigenvalue weighted by Crippen LogP contribution is 2.13. The highest BCUT2D eigenvalue weighted by atomic mass is 16.5. The Balaban J connectivity index is 4.05. The fraction of sp³-hybridized carbons (Fsp3) is 0.800.